The van der Waals surface area contributed by atoms with Crippen LogP contribution in [0.4, 0.5) is 4.39 Å². The molecule has 104 valence electrons. The molecule has 2 rings (SSSR count). The quantitative estimate of drug-likeness (QED) is 0.905. The summed E-state index contributed by atoms with van der Waals surface area (Å²) >= 11 is 0. The van der Waals surface area contributed by atoms with Gasteiger partial charge in [-0.25, -0.2) is 9.18 Å². The molecule has 0 aliphatic heterocycles. The fourth-order valence-corrected chi connectivity index (χ4v) is 1.86. The van der Waals surface area contributed by atoms with Gasteiger partial charge in [0.1, 0.15) is 18.2 Å². The van der Waals surface area contributed by atoms with Crippen LogP contribution in [0.1, 0.15) is 28.4 Å². The third-order valence-electron chi connectivity index (χ3n) is 3.03. The minimum Gasteiger partial charge on any atom is -0.489 e. The summed E-state index contributed by atoms with van der Waals surface area (Å²) in [4.78, 5) is 11.0. The molecule has 0 aliphatic carbocycles. The van der Waals surface area contributed by atoms with Crippen LogP contribution in [-0.2, 0) is 13.0 Å². The first kappa shape index (κ1) is 14.1. The lowest BCUT2D eigenvalue weighted by molar-refractivity contribution is 0.0693. The Kier molecular flexibility index (Phi) is 4.35. The van der Waals surface area contributed by atoms with E-state index < -0.39 is 11.8 Å². The van der Waals surface area contributed by atoms with Crippen LogP contribution >= 0.6 is 0 Å². The number of benzene rings is 2. The first-order valence-electron chi connectivity index (χ1n) is 6.33. The van der Waals surface area contributed by atoms with Crippen LogP contribution in [0.2, 0.25) is 0 Å². The lowest BCUT2D eigenvalue weighted by Gasteiger charge is -2.09. The normalized spacial score (nSPS) is 10.3. The van der Waals surface area contributed by atoms with E-state index in [9.17, 15) is 9.18 Å². The SMILES string of the molecule is CCc1ccc(OCc2ccc(F)cc2C(=O)O)cc1. The summed E-state index contributed by atoms with van der Waals surface area (Å²) in [5.74, 6) is -1.08. The van der Waals surface area contributed by atoms with Gasteiger partial charge in [-0.3, -0.25) is 0 Å². The molecule has 0 unspecified atom stereocenters. The standard InChI is InChI=1S/C16H15FO3/c1-2-11-3-7-14(8-4-11)20-10-12-5-6-13(17)9-15(12)16(18)19/h3-9H,2,10H2,1H3,(H,18,19). The molecule has 0 fully saturated rings. The maximum absolute atomic E-state index is 13.0. The fourth-order valence-electron chi connectivity index (χ4n) is 1.86. The molecule has 0 aromatic heterocycles. The van der Waals surface area contributed by atoms with E-state index in [1.165, 1.54) is 17.7 Å². The van der Waals surface area contributed by atoms with Gasteiger partial charge in [-0.1, -0.05) is 25.1 Å². The summed E-state index contributed by atoms with van der Waals surface area (Å²) in [6.07, 6.45) is 0.946. The van der Waals surface area contributed by atoms with Crippen molar-refractivity contribution in [2.75, 3.05) is 0 Å². The molecule has 2 aromatic rings. The van der Waals surface area contributed by atoms with Crippen molar-refractivity contribution in [1.82, 2.24) is 0 Å². The number of carboxylic acid groups (broad SMARTS) is 1. The van der Waals surface area contributed by atoms with E-state index in [0.717, 1.165) is 12.5 Å². The topological polar surface area (TPSA) is 46.5 Å². The highest BCUT2D eigenvalue weighted by Crippen LogP contribution is 2.17. The smallest absolute Gasteiger partial charge is 0.336 e. The Labute approximate surface area is 116 Å². The summed E-state index contributed by atoms with van der Waals surface area (Å²) < 4.78 is 18.6. The van der Waals surface area contributed by atoms with E-state index in [2.05, 4.69) is 6.92 Å². The number of carbonyl (C=O) groups is 1. The van der Waals surface area contributed by atoms with Gasteiger partial charge < -0.3 is 9.84 Å². The molecule has 3 nitrogen and oxygen atoms in total. The van der Waals surface area contributed by atoms with Crippen molar-refractivity contribution in [3.8, 4) is 5.75 Å². The van der Waals surface area contributed by atoms with Crippen molar-refractivity contribution in [3.63, 3.8) is 0 Å². The van der Waals surface area contributed by atoms with E-state index in [1.807, 2.05) is 24.3 Å². The van der Waals surface area contributed by atoms with Crippen LogP contribution in [0.15, 0.2) is 42.5 Å². The molecular formula is C16H15FO3. The van der Waals surface area contributed by atoms with E-state index in [-0.39, 0.29) is 12.2 Å². The Balaban J connectivity index is 2.12. The Bertz CT molecular complexity index is 606. The monoisotopic (exact) mass is 274 g/mol. The average molecular weight is 274 g/mol. The molecule has 0 bridgehead atoms. The minimum absolute atomic E-state index is 0.0739. The number of ether oxygens (including phenoxy) is 1. The minimum atomic E-state index is -1.16. The molecule has 0 amide bonds. The largest absolute Gasteiger partial charge is 0.489 e. The highest BCUT2D eigenvalue weighted by Gasteiger charge is 2.11. The number of rotatable bonds is 5. The van der Waals surface area contributed by atoms with Gasteiger partial charge in [0.15, 0.2) is 0 Å². The molecular weight excluding hydrogens is 259 g/mol. The molecule has 20 heavy (non-hydrogen) atoms. The Hall–Kier alpha value is -2.36. The summed E-state index contributed by atoms with van der Waals surface area (Å²) in [7, 11) is 0. The summed E-state index contributed by atoms with van der Waals surface area (Å²) in [5.41, 5.74) is 1.57. The van der Waals surface area contributed by atoms with Crippen LogP contribution in [0, 0.1) is 5.82 Å². The molecule has 2 aromatic carbocycles. The second-order valence-electron chi connectivity index (χ2n) is 4.39. The van der Waals surface area contributed by atoms with Crippen molar-refractivity contribution >= 4 is 5.97 Å². The summed E-state index contributed by atoms with van der Waals surface area (Å²) in [6.45, 7) is 2.15. The maximum atomic E-state index is 13.0. The third-order valence-corrected chi connectivity index (χ3v) is 3.03. The van der Waals surface area contributed by atoms with E-state index in [0.29, 0.717) is 11.3 Å². The second-order valence-corrected chi connectivity index (χ2v) is 4.39. The Morgan fingerprint density at radius 3 is 2.50 bits per heavy atom. The van der Waals surface area contributed by atoms with Crippen LogP contribution in [0.5, 0.6) is 5.75 Å². The van der Waals surface area contributed by atoms with Gasteiger partial charge >= 0.3 is 5.97 Å². The highest BCUT2D eigenvalue weighted by atomic mass is 19.1. The lowest BCUT2D eigenvalue weighted by Crippen LogP contribution is -2.06. The number of hydrogen-bond donors (Lipinski definition) is 1. The van der Waals surface area contributed by atoms with E-state index in [4.69, 9.17) is 9.84 Å². The zero-order valence-electron chi connectivity index (χ0n) is 11.1. The van der Waals surface area contributed by atoms with Crippen molar-refractivity contribution in [1.29, 1.82) is 0 Å². The third kappa shape index (κ3) is 3.35. The molecule has 1 N–H and O–H groups in total. The van der Waals surface area contributed by atoms with Crippen LogP contribution in [0.25, 0.3) is 0 Å². The van der Waals surface area contributed by atoms with Gasteiger partial charge in [0.2, 0.25) is 0 Å². The first-order valence-corrected chi connectivity index (χ1v) is 6.33. The summed E-state index contributed by atoms with van der Waals surface area (Å²) in [5, 5.41) is 9.03. The van der Waals surface area contributed by atoms with Crippen molar-refractivity contribution < 1.29 is 19.0 Å². The van der Waals surface area contributed by atoms with Gasteiger partial charge in [-0.15, -0.1) is 0 Å². The predicted molar refractivity (Wildman–Crippen MR) is 73.5 cm³/mol. The predicted octanol–water partition coefficient (Wildman–Crippen LogP) is 3.67. The number of carboxylic acids is 1. The summed E-state index contributed by atoms with van der Waals surface area (Å²) in [6, 6.07) is 11.2. The van der Waals surface area contributed by atoms with E-state index >= 15 is 0 Å². The molecule has 0 spiro atoms. The first-order chi connectivity index (χ1) is 9.60. The zero-order chi connectivity index (χ0) is 14.5. The Morgan fingerprint density at radius 1 is 1.20 bits per heavy atom. The van der Waals surface area contributed by atoms with Gasteiger partial charge in [0.05, 0.1) is 5.56 Å². The van der Waals surface area contributed by atoms with Crippen molar-refractivity contribution in [3.05, 3.63) is 65.0 Å². The maximum Gasteiger partial charge on any atom is 0.336 e. The molecule has 0 aliphatic rings. The Morgan fingerprint density at radius 2 is 1.90 bits per heavy atom. The van der Waals surface area contributed by atoms with Crippen molar-refractivity contribution in [2.24, 2.45) is 0 Å². The van der Waals surface area contributed by atoms with Crippen molar-refractivity contribution in [2.45, 2.75) is 20.0 Å². The fraction of sp³-hybridized carbons (Fsp3) is 0.188. The lowest BCUT2D eigenvalue weighted by atomic mass is 10.1. The molecule has 4 heteroatoms. The molecule has 0 saturated carbocycles. The average Bonchev–Trinajstić information content (AvgIpc) is 2.46. The number of aryl methyl sites for hydroxylation is 1. The molecule has 0 radical (unpaired) electrons. The van der Waals surface area contributed by atoms with Gasteiger partial charge in [-0.2, -0.15) is 0 Å². The number of halogens is 1. The van der Waals surface area contributed by atoms with Gasteiger partial charge in [0.25, 0.3) is 0 Å². The second kappa shape index (κ2) is 6.19. The molecule has 0 heterocycles. The van der Waals surface area contributed by atoms with Gasteiger partial charge in [0, 0.05) is 5.56 Å². The van der Waals surface area contributed by atoms with Crippen LogP contribution < -0.4 is 4.74 Å². The molecule has 0 saturated heterocycles. The van der Waals surface area contributed by atoms with Crippen LogP contribution in [0.3, 0.4) is 0 Å². The van der Waals surface area contributed by atoms with E-state index in [1.54, 1.807) is 0 Å². The van der Waals surface area contributed by atoms with Crippen LogP contribution in [-0.4, -0.2) is 11.1 Å². The number of hydrogen-bond acceptors (Lipinski definition) is 2. The highest BCUT2D eigenvalue weighted by molar-refractivity contribution is 5.89. The zero-order valence-corrected chi connectivity index (χ0v) is 11.1. The van der Waals surface area contributed by atoms with Gasteiger partial charge in [-0.05, 0) is 36.2 Å². The number of aromatic carboxylic acids is 1. The molecule has 0 atom stereocenters.